The number of benzene rings is 4. The van der Waals surface area contributed by atoms with Gasteiger partial charge in [-0.15, -0.1) is 0 Å². The second kappa shape index (κ2) is 17.1. The fourth-order valence-electron chi connectivity index (χ4n) is 4.63. The third-order valence-corrected chi connectivity index (χ3v) is 7.89. The summed E-state index contributed by atoms with van der Waals surface area (Å²) in [7, 11) is 0. The average molecular weight is 639 g/mol. The molecule has 0 aliphatic heterocycles. The van der Waals surface area contributed by atoms with E-state index < -0.39 is 0 Å². The molecule has 4 rings (SSSR count). The van der Waals surface area contributed by atoms with Crippen molar-refractivity contribution in [1.82, 2.24) is 0 Å². The summed E-state index contributed by atoms with van der Waals surface area (Å²) in [5.41, 5.74) is 6.55. The molecule has 4 aromatic carbocycles. The Morgan fingerprint density at radius 3 is 1.36 bits per heavy atom. The predicted octanol–water partition coefficient (Wildman–Crippen LogP) is 9.98. The molecule has 0 aliphatic carbocycles. The smallest absolute Gasteiger partial charge is 0.142 e. The van der Waals surface area contributed by atoms with Gasteiger partial charge >= 0.3 is 0 Å². The van der Waals surface area contributed by atoms with Crippen molar-refractivity contribution in [2.24, 2.45) is 5.41 Å². The van der Waals surface area contributed by atoms with Crippen molar-refractivity contribution in [1.29, 1.82) is 0 Å². The summed E-state index contributed by atoms with van der Waals surface area (Å²) >= 11 is 0. The lowest BCUT2D eigenvalue weighted by Gasteiger charge is -2.21. The van der Waals surface area contributed by atoms with E-state index in [0.29, 0.717) is 32.8 Å². The number of ether oxygens (including phenoxy) is 4. The molecule has 0 saturated heterocycles. The molecule has 0 amide bonds. The Bertz CT molecular complexity index is 1590. The third-order valence-electron chi connectivity index (χ3n) is 7.89. The SMILES string of the molecule is Cc1ccccc1OCCOc1cc(C(C)(C)C)ccc1C.Cc1ccccc1OCCOc1cc(CC(=O)C(C)(C)C)ccc1C. The van der Waals surface area contributed by atoms with Crippen molar-refractivity contribution in [3.63, 3.8) is 0 Å². The highest BCUT2D eigenvalue weighted by atomic mass is 16.5. The number of hydrogen-bond donors (Lipinski definition) is 0. The highest BCUT2D eigenvalue weighted by Gasteiger charge is 2.21. The molecule has 252 valence electrons. The van der Waals surface area contributed by atoms with Gasteiger partial charge in [-0.25, -0.2) is 0 Å². The zero-order valence-electron chi connectivity index (χ0n) is 30.2. The van der Waals surface area contributed by atoms with Gasteiger partial charge in [0, 0.05) is 11.8 Å². The Kier molecular flexibility index (Phi) is 13.5. The maximum Gasteiger partial charge on any atom is 0.142 e. The molecule has 0 aliphatic rings. The molecule has 0 atom stereocenters. The van der Waals surface area contributed by atoms with Crippen LogP contribution < -0.4 is 18.9 Å². The van der Waals surface area contributed by atoms with Gasteiger partial charge in [0.05, 0.1) is 0 Å². The van der Waals surface area contributed by atoms with E-state index in [1.807, 2.05) is 108 Å². The van der Waals surface area contributed by atoms with Crippen LogP contribution in [0.1, 0.15) is 74.9 Å². The molecule has 0 aromatic heterocycles. The topological polar surface area (TPSA) is 54.0 Å². The van der Waals surface area contributed by atoms with Crippen LogP contribution in [-0.4, -0.2) is 32.2 Å². The standard InChI is InChI=1S/C22H28O3.C20H26O2/c1-16-8-6-7-9-19(16)24-12-13-25-20-14-18(11-10-17(20)2)15-21(23)22(3,4)5;1-15-8-6-7-9-18(15)21-12-13-22-19-14-17(20(3,4)5)11-10-16(19)2/h6-11,14H,12-13,15H2,1-5H3;6-11,14H,12-13H2,1-5H3. The number of hydrogen-bond acceptors (Lipinski definition) is 5. The van der Waals surface area contributed by atoms with Crippen LogP contribution in [0.5, 0.6) is 23.0 Å². The van der Waals surface area contributed by atoms with Gasteiger partial charge in [-0.1, -0.05) is 102 Å². The van der Waals surface area contributed by atoms with Gasteiger partial charge in [0.1, 0.15) is 55.2 Å². The Morgan fingerprint density at radius 2 is 0.915 bits per heavy atom. The van der Waals surface area contributed by atoms with Crippen molar-refractivity contribution in [2.45, 2.75) is 81.1 Å². The van der Waals surface area contributed by atoms with Gasteiger partial charge in [-0.3, -0.25) is 4.79 Å². The fourth-order valence-corrected chi connectivity index (χ4v) is 4.63. The highest BCUT2D eigenvalue weighted by molar-refractivity contribution is 5.85. The largest absolute Gasteiger partial charge is 0.490 e. The van der Waals surface area contributed by atoms with Crippen LogP contribution >= 0.6 is 0 Å². The summed E-state index contributed by atoms with van der Waals surface area (Å²) in [5.74, 6) is 3.79. The lowest BCUT2D eigenvalue weighted by Crippen LogP contribution is -2.22. The van der Waals surface area contributed by atoms with Crippen LogP contribution in [0.25, 0.3) is 0 Å². The second-order valence-electron chi connectivity index (χ2n) is 14.1. The summed E-state index contributed by atoms with van der Waals surface area (Å²) in [6.07, 6.45) is 0.430. The Hall–Kier alpha value is -4.25. The lowest BCUT2D eigenvalue weighted by molar-refractivity contribution is -0.125. The monoisotopic (exact) mass is 638 g/mol. The van der Waals surface area contributed by atoms with Gasteiger partial charge in [0.2, 0.25) is 0 Å². The normalized spacial score (nSPS) is 11.3. The van der Waals surface area contributed by atoms with E-state index in [1.54, 1.807) is 0 Å². The molecule has 4 aromatic rings. The number of aryl methyl sites for hydroxylation is 4. The number of ketones is 1. The highest BCUT2D eigenvalue weighted by Crippen LogP contribution is 2.28. The number of carbonyl (C=O) groups excluding carboxylic acids is 1. The van der Waals surface area contributed by atoms with Crippen LogP contribution in [0.4, 0.5) is 0 Å². The molecule has 47 heavy (non-hydrogen) atoms. The van der Waals surface area contributed by atoms with Crippen LogP contribution in [0, 0.1) is 33.1 Å². The molecule has 0 unspecified atom stereocenters. The molecule has 0 bridgehead atoms. The number of carbonyl (C=O) groups is 1. The molecule has 0 saturated carbocycles. The molecule has 0 spiro atoms. The van der Waals surface area contributed by atoms with Gasteiger partial charge in [-0.2, -0.15) is 0 Å². The van der Waals surface area contributed by atoms with E-state index in [2.05, 4.69) is 45.9 Å². The van der Waals surface area contributed by atoms with E-state index >= 15 is 0 Å². The first-order valence-electron chi connectivity index (χ1n) is 16.5. The summed E-state index contributed by atoms with van der Waals surface area (Å²) in [5, 5.41) is 0. The van der Waals surface area contributed by atoms with E-state index in [9.17, 15) is 4.79 Å². The fraction of sp³-hybridized carbons (Fsp3) is 0.405. The van der Waals surface area contributed by atoms with Crippen LogP contribution in [0.15, 0.2) is 84.9 Å². The molecule has 5 nitrogen and oxygen atoms in total. The van der Waals surface area contributed by atoms with Crippen molar-refractivity contribution in [3.8, 4) is 23.0 Å². The van der Waals surface area contributed by atoms with Gasteiger partial charge in [0.25, 0.3) is 0 Å². The van der Waals surface area contributed by atoms with Crippen molar-refractivity contribution >= 4 is 5.78 Å². The summed E-state index contributed by atoms with van der Waals surface area (Å²) in [6, 6.07) is 28.4. The summed E-state index contributed by atoms with van der Waals surface area (Å²) < 4.78 is 23.3. The Labute approximate surface area is 283 Å². The minimum Gasteiger partial charge on any atom is -0.490 e. The average Bonchev–Trinajstić information content (AvgIpc) is 3.00. The van der Waals surface area contributed by atoms with E-state index in [1.165, 1.54) is 5.56 Å². The molecule has 0 N–H and O–H groups in total. The van der Waals surface area contributed by atoms with Gasteiger partial charge < -0.3 is 18.9 Å². The van der Waals surface area contributed by atoms with Crippen LogP contribution in [-0.2, 0) is 16.6 Å². The minimum absolute atomic E-state index is 0.128. The quantitative estimate of drug-likeness (QED) is 0.145. The van der Waals surface area contributed by atoms with Crippen LogP contribution in [0.3, 0.4) is 0 Å². The zero-order chi connectivity index (χ0) is 34.6. The molecule has 0 radical (unpaired) electrons. The third kappa shape index (κ3) is 12.1. The van der Waals surface area contributed by atoms with Gasteiger partial charge in [-0.05, 0) is 90.8 Å². The molecule has 0 fully saturated rings. The number of para-hydroxylation sites is 2. The van der Waals surface area contributed by atoms with E-state index in [4.69, 9.17) is 18.9 Å². The summed E-state index contributed by atoms with van der Waals surface area (Å²) in [4.78, 5) is 12.2. The lowest BCUT2D eigenvalue weighted by atomic mass is 9.86. The first kappa shape index (κ1) is 37.2. The molecule has 0 heterocycles. The summed E-state index contributed by atoms with van der Waals surface area (Å²) in [6.45, 7) is 22.7. The van der Waals surface area contributed by atoms with Crippen LogP contribution in [0.2, 0.25) is 0 Å². The number of rotatable bonds is 12. The Balaban J connectivity index is 0.000000257. The van der Waals surface area contributed by atoms with Crippen molar-refractivity contribution < 1.29 is 23.7 Å². The maximum atomic E-state index is 12.2. The van der Waals surface area contributed by atoms with Crippen molar-refractivity contribution in [3.05, 3.63) is 118 Å². The first-order chi connectivity index (χ1) is 22.1. The molecular weight excluding hydrogens is 584 g/mol. The maximum absolute atomic E-state index is 12.2. The van der Waals surface area contributed by atoms with E-state index in [0.717, 1.165) is 50.8 Å². The molecule has 5 heteroatoms. The van der Waals surface area contributed by atoms with Gasteiger partial charge in [0.15, 0.2) is 0 Å². The minimum atomic E-state index is -0.326. The predicted molar refractivity (Wildman–Crippen MR) is 194 cm³/mol. The second-order valence-corrected chi connectivity index (χ2v) is 14.1. The zero-order valence-corrected chi connectivity index (χ0v) is 30.2. The number of Topliss-reactive ketones (excluding diaryl/α,β-unsaturated/α-hetero) is 1. The molecular formula is C42H54O5. The van der Waals surface area contributed by atoms with E-state index in [-0.39, 0.29) is 16.6 Å². The Morgan fingerprint density at radius 1 is 0.511 bits per heavy atom. The first-order valence-corrected chi connectivity index (χ1v) is 16.5. The van der Waals surface area contributed by atoms with Crippen molar-refractivity contribution in [2.75, 3.05) is 26.4 Å².